The van der Waals surface area contributed by atoms with Crippen molar-refractivity contribution in [2.24, 2.45) is 5.92 Å². The number of rotatable bonds is 8. The highest BCUT2D eigenvalue weighted by molar-refractivity contribution is 5.81. The maximum absolute atomic E-state index is 12.8. The largest absolute Gasteiger partial charge is 0.493 e. The normalized spacial score (nSPS) is 16.6. The number of ether oxygens (including phenoxy) is 1. The fourth-order valence-corrected chi connectivity index (χ4v) is 3.91. The highest BCUT2D eigenvalue weighted by atomic mass is 16.5. The zero-order chi connectivity index (χ0) is 22.3. The first-order chi connectivity index (χ1) is 14.8. The van der Waals surface area contributed by atoms with E-state index < -0.39 is 0 Å². The van der Waals surface area contributed by atoms with E-state index in [9.17, 15) is 9.59 Å². The van der Waals surface area contributed by atoms with E-state index >= 15 is 0 Å². The molecular formula is C26H34N2O3. The number of benzene rings is 2. The van der Waals surface area contributed by atoms with Gasteiger partial charge in [-0.25, -0.2) is 0 Å². The smallest absolute Gasteiger partial charge is 0.226 e. The summed E-state index contributed by atoms with van der Waals surface area (Å²) >= 11 is 0. The molecule has 0 aromatic heterocycles. The summed E-state index contributed by atoms with van der Waals surface area (Å²) < 4.78 is 5.64. The van der Waals surface area contributed by atoms with E-state index in [1.807, 2.05) is 35.2 Å². The van der Waals surface area contributed by atoms with E-state index in [1.165, 1.54) is 11.1 Å². The molecule has 5 heteroatoms. The Morgan fingerprint density at radius 2 is 1.81 bits per heavy atom. The molecular weight excluding hydrogens is 388 g/mol. The van der Waals surface area contributed by atoms with Crippen molar-refractivity contribution in [3.05, 3.63) is 65.7 Å². The number of nitrogens with zero attached hydrogens (tertiary/aromatic N) is 1. The first kappa shape index (κ1) is 22.9. The molecule has 1 saturated heterocycles. The van der Waals surface area contributed by atoms with Gasteiger partial charge in [0.2, 0.25) is 11.8 Å². The van der Waals surface area contributed by atoms with Crippen LogP contribution >= 0.6 is 0 Å². The Morgan fingerprint density at radius 3 is 2.52 bits per heavy atom. The van der Waals surface area contributed by atoms with Gasteiger partial charge in [-0.3, -0.25) is 9.59 Å². The second kappa shape index (κ2) is 10.5. The van der Waals surface area contributed by atoms with E-state index in [0.717, 1.165) is 18.6 Å². The van der Waals surface area contributed by atoms with E-state index in [1.54, 1.807) is 0 Å². The van der Waals surface area contributed by atoms with Crippen molar-refractivity contribution < 1.29 is 14.3 Å². The van der Waals surface area contributed by atoms with Crippen molar-refractivity contribution in [2.45, 2.75) is 45.4 Å². The Bertz CT molecular complexity index is 862. The zero-order valence-electron chi connectivity index (χ0n) is 18.9. The second-order valence-corrected chi connectivity index (χ2v) is 9.06. The molecule has 5 nitrogen and oxygen atoms in total. The molecule has 0 bridgehead atoms. The number of nitrogens with one attached hydrogen (secondary N) is 1. The van der Waals surface area contributed by atoms with Crippen molar-refractivity contribution in [3.8, 4) is 5.75 Å². The highest BCUT2D eigenvalue weighted by Crippen LogP contribution is 2.23. The van der Waals surface area contributed by atoms with Crippen LogP contribution in [0.3, 0.4) is 0 Å². The van der Waals surface area contributed by atoms with Crippen molar-refractivity contribution in [1.82, 2.24) is 10.2 Å². The summed E-state index contributed by atoms with van der Waals surface area (Å²) in [7, 11) is 0. The summed E-state index contributed by atoms with van der Waals surface area (Å²) in [5, 5.41) is 3.13. The Balaban J connectivity index is 1.46. The number of piperidine rings is 1. The maximum Gasteiger partial charge on any atom is 0.226 e. The minimum Gasteiger partial charge on any atom is -0.493 e. The molecule has 0 saturated carbocycles. The molecule has 0 radical (unpaired) electrons. The SMILES string of the molecule is Cc1ccc(C(C)(C)CNC(=O)C2CCCN(C(=O)CCOc3ccccc3)C2)cc1. The monoisotopic (exact) mass is 422 g/mol. The van der Waals surface area contributed by atoms with Gasteiger partial charge in [0.1, 0.15) is 5.75 Å². The third kappa shape index (κ3) is 6.58. The lowest BCUT2D eigenvalue weighted by atomic mass is 9.84. The van der Waals surface area contributed by atoms with Gasteiger partial charge in [-0.2, -0.15) is 0 Å². The number of hydrogen-bond acceptors (Lipinski definition) is 3. The lowest BCUT2D eigenvalue weighted by Crippen LogP contribution is -2.47. The molecule has 2 aromatic rings. The van der Waals surface area contributed by atoms with Crippen LogP contribution in [0.15, 0.2) is 54.6 Å². The number of carbonyl (C=O) groups excluding carboxylic acids is 2. The first-order valence-corrected chi connectivity index (χ1v) is 11.2. The minimum atomic E-state index is -0.151. The van der Waals surface area contributed by atoms with Gasteiger partial charge in [-0.05, 0) is 37.5 Å². The summed E-state index contributed by atoms with van der Waals surface area (Å²) in [4.78, 5) is 27.2. The molecule has 1 aliphatic heterocycles. The predicted molar refractivity (Wildman–Crippen MR) is 123 cm³/mol. The van der Waals surface area contributed by atoms with E-state index in [4.69, 9.17) is 4.74 Å². The van der Waals surface area contributed by atoms with Gasteiger partial charge in [0.05, 0.1) is 18.9 Å². The number of amides is 2. The number of carbonyl (C=O) groups is 2. The Labute approximate surface area is 185 Å². The molecule has 1 fully saturated rings. The van der Waals surface area contributed by atoms with Crippen LogP contribution in [0, 0.1) is 12.8 Å². The van der Waals surface area contributed by atoms with Gasteiger partial charge < -0.3 is 15.0 Å². The van der Waals surface area contributed by atoms with Crippen LogP contribution in [0.2, 0.25) is 0 Å². The number of hydrogen-bond donors (Lipinski definition) is 1. The molecule has 2 aromatic carbocycles. The summed E-state index contributed by atoms with van der Waals surface area (Å²) in [5.74, 6) is 0.704. The molecule has 2 amide bonds. The van der Waals surface area contributed by atoms with Crippen LogP contribution < -0.4 is 10.1 Å². The van der Waals surface area contributed by atoms with Crippen molar-refractivity contribution in [2.75, 3.05) is 26.2 Å². The number of likely N-dealkylation sites (tertiary alicyclic amines) is 1. The van der Waals surface area contributed by atoms with Gasteiger partial charge in [0, 0.05) is 25.0 Å². The van der Waals surface area contributed by atoms with Gasteiger partial charge in [0.25, 0.3) is 0 Å². The molecule has 3 rings (SSSR count). The Morgan fingerprint density at radius 1 is 1.10 bits per heavy atom. The van der Waals surface area contributed by atoms with E-state index in [0.29, 0.717) is 32.7 Å². The summed E-state index contributed by atoms with van der Waals surface area (Å²) in [6, 6.07) is 18.0. The average Bonchev–Trinajstić information content (AvgIpc) is 2.78. The highest BCUT2D eigenvalue weighted by Gasteiger charge is 2.29. The van der Waals surface area contributed by atoms with Gasteiger partial charge in [-0.1, -0.05) is 61.9 Å². The fraction of sp³-hybridized carbons (Fsp3) is 0.462. The molecule has 0 spiro atoms. The molecule has 31 heavy (non-hydrogen) atoms. The van der Waals surface area contributed by atoms with Crippen LogP contribution in [0.4, 0.5) is 0 Å². The van der Waals surface area contributed by atoms with Crippen LogP contribution in [0.5, 0.6) is 5.75 Å². The predicted octanol–water partition coefficient (Wildman–Crippen LogP) is 4.10. The molecule has 1 atom stereocenters. The van der Waals surface area contributed by atoms with Crippen molar-refractivity contribution in [1.29, 1.82) is 0 Å². The fourth-order valence-electron chi connectivity index (χ4n) is 3.91. The first-order valence-electron chi connectivity index (χ1n) is 11.2. The van der Waals surface area contributed by atoms with E-state index in [-0.39, 0.29) is 23.1 Å². The standard InChI is InChI=1S/C26H34N2O3/c1-20-11-13-22(14-12-20)26(2,3)19-27-25(30)21-8-7-16-28(18-21)24(29)15-17-31-23-9-5-4-6-10-23/h4-6,9-14,21H,7-8,15-19H2,1-3H3,(H,27,30). The topological polar surface area (TPSA) is 58.6 Å². The number of aryl methyl sites for hydroxylation is 1. The lowest BCUT2D eigenvalue weighted by molar-refractivity contribution is -0.136. The molecule has 166 valence electrons. The third-order valence-electron chi connectivity index (χ3n) is 6.01. The second-order valence-electron chi connectivity index (χ2n) is 9.06. The summed E-state index contributed by atoms with van der Waals surface area (Å²) in [5.41, 5.74) is 2.28. The summed E-state index contributed by atoms with van der Waals surface area (Å²) in [6.07, 6.45) is 2.00. The van der Waals surface area contributed by atoms with Crippen LogP contribution in [-0.2, 0) is 15.0 Å². The van der Waals surface area contributed by atoms with Crippen molar-refractivity contribution in [3.63, 3.8) is 0 Å². The Kier molecular flexibility index (Phi) is 7.72. The van der Waals surface area contributed by atoms with Crippen LogP contribution in [0.1, 0.15) is 44.2 Å². The van der Waals surface area contributed by atoms with E-state index in [2.05, 4.69) is 50.4 Å². The molecule has 1 unspecified atom stereocenters. The van der Waals surface area contributed by atoms with Crippen LogP contribution in [-0.4, -0.2) is 43.0 Å². The molecule has 1 N–H and O–H groups in total. The summed E-state index contributed by atoms with van der Waals surface area (Å²) in [6.45, 7) is 8.47. The van der Waals surface area contributed by atoms with Gasteiger partial charge >= 0.3 is 0 Å². The molecule has 0 aliphatic carbocycles. The molecule has 1 heterocycles. The van der Waals surface area contributed by atoms with Crippen molar-refractivity contribution >= 4 is 11.8 Å². The van der Waals surface area contributed by atoms with Crippen LogP contribution in [0.25, 0.3) is 0 Å². The average molecular weight is 423 g/mol. The quantitative estimate of drug-likeness (QED) is 0.697. The Hall–Kier alpha value is -2.82. The molecule has 1 aliphatic rings. The third-order valence-corrected chi connectivity index (χ3v) is 6.01. The lowest BCUT2D eigenvalue weighted by Gasteiger charge is -2.33. The minimum absolute atomic E-state index is 0.0400. The zero-order valence-corrected chi connectivity index (χ0v) is 18.9. The number of para-hydroxylation sites is 1. The van der Waals surface area contributed by atoms with Gasteiger partial charge in [0.15, 0.2) is 0 Å². The maximum atomic E-state index is 12.8. The van der Waals surface area contributed by atoms with Gasteiger partial charge in [-0.15, -0.1) is 0 Å².